The number of unbranched alkanes of at least 4 members (excludes halogenated alkanes) is 1. The van der Waals surface area contributed by atoms with Crippen LogP contribution in [0.3, 0.4) is 0 Å². The minimum Gasteiger partial charge on any atom is -0.462 e. The standard InChI is InChI=1S/C19H28O2/c1-3-5-14-21-19(20)18-9-7-6-8-17(18)16-12-10-15(4-2)11-13-16/h6-9,15-16H,3-5,10-14H2,1-2H3/t15-,16-. The van der Waals surface area contributed by atoms with Crippen LogP contribution in [0.2, 0.25) is 0 Å². The van der Waals surface area contributed by atoms with Crippen molar-refractivity contribution in [2.45, 2.75) is 64.7 Å². The summed E-state index contributed by atoms with van der Waals surface area (Å²) < 4.78 is 5.40. The van der Waals surface area contributed by atoms with E-state index in [-0.39, 0.29) is 5.97 Å². The number of rotatable bonds is 6. The van der Waals surface area contributed by atoms with Crippen LogP contribution in [0.5, 0.6) is 0 Å². The summed E-state index contributed by atoms with van der Waals surface area (Å²) in [6, 6.07) is 8.03. The first-order valence-corrected chi connectivity index (χ1v) is 8.52. The summed E-state index contributed by atoms with van der Waals surface area (Å²) in [5.41, 5.74) is 1.99. The van der Waals surface area contributed by atoms with Crippen molar-refractivity contribution in [2.24, 2.45) is 5.92 Å². The Bertz CT molecular complexity index is 445. The van der Waals surface area contributed by atoms with Gasteiger partial charge in [0.25, 0.3) is 0 Å². The van der Waals surface area contributed by atoms with Crippen LogP contribution in [0.4, 0.5) is 0 Å². The van der Waals surface area contributed by atoms with E-state index in [0.717, 1.165) is 24.3 Å². The molecule has 0 aliphatic heterocycles. The maximum atomic E-state index is 12.3. The molecule has 2 nitrogen and oxygen atoms in total. The Morgan fingerprint density at radius 1 is 1.14 bits per heavy atom. The van der Waals surface area contributed by atoms with Crippen LogP contribution < -0.4 is 0 Å². The van der Waals surface area contributed by atoms with E-state index < -0.39 is 0 Å². The van der Waals surface area contributed by atoms with Gasteiger partial charge in [0.1, 0.15) is 0 Å². The molecule has 0 atom stereocenters. The maximum Gasteiger partial charge on any atom is 0.338 e. The van der Waals surface area contributed by atoms with Crippen LogP contribution in [0.15, 0.2) is 24.3 Å². The number of esters is 1. The molecule has 0 aromatic heterocycles. The molecule has 0 heterocycles. The van der Waals surface area contributed by atoms with Crippen molar-refractivity contribution in [2.75, 3.05) is 6.61 Å². The molecular formula is C19H28O2. The van der Waals surface area contributed by atoms with Gasteiger partial charge in [0, 0.05) is 0 Å². The molecule has 1 fully saturated rings. The Morgan fingerprint density at radius 2 is 1.86 bits per heavy atom. The second-order valence-corrected chi connectivity index (χ2v) is 6.20. The lowest BCUT2D eigenvalue weighted by Crippen LogP contribution is -2.16. The molecule has 2 rings (SSSR count). The molecule has 0 N–H and O–H groups in total. The zero-order valence-electron chi connectivity index (χ0n) is 13.4. The first kappa shape index (κ1) is 16.1. The number of benzene rings is 1. The van der Waals surface area contributed by atoms with Crippen LogP contribution in [-0.4, -0.2) is 12.6 Å². The van der Waals surface area contributed by atoms with Crippen molar-refractivity contribution in [3.63, 3.8) is 0 Å². The first-order valence-electron chi connectivity index (χ1n) is 8.52. The molecule has 0 saturated heterocycles. The number of hydrogen-bond acceptors (Lipinski definition) is 2. The molecule has 0 spiro atoms. The predicted molar refractivity (Wildman–Crippen MR) is 86.6 cm³/mol. The average molecular weight is 288 g/mol. The highest BCUT2D eigenvalue weighted by molar-refractivity contribution is 5.91. The van der Waals surface area contributed by atoms with Crippen LogP contribution >= 0.6 is 0 Å². The van der Waals surface area contributed by atoms with Gasteiger partial charge in [0.05, 0.1) is 12.2 Å². The fourth-order valence-electron chi connectivity index (χ4n) is 3.31. The van der Waals surface area contributed by atoms with Gasteiger partial charge in [-0.2, -0.15) is 0 Å². The summed E-state index contributed by atoms with van der Waals surface area (Å²) in [5.74, 6) is 1.27. The largest absolute Gasteiger partial charge is 0.462 e. The van der Waals surface area contributed by atoms with Crippen molar-refractivity contribution in [3.05, 3.63) is 35.4 Å². The lowest BCUT2D eigenvalue weighted by atomic mass is 9.76. The summed E-state index contributed by atoms with van der Waals surface area (Å²) in [6.45, 7) is 4.92. The summed E-state index contributed by atoms with van der Waals surface area (Å²) in [4.78, 5) is 12.3. The summed E-state index contributed by atoms with van der Waals surface area (Å²) in [5, 5.41) is 0. The molecule has 1 aromatic rings. The van der Waals surface area contributed by atoms with Crippen molar-refractivity contribution in [1.82, 2.24) is 0 Å². The molecule has 21 heavy (non-hydrogen) atoms. The SMILES string of the molecule is CCCCOC(=O)c1ccccc1[C@H]1CC[C@H](CC)CC1. The van der Waals surface area contributed by atoms with Gasteiger partial charge in [-0.25, -0.2) is 4.79 Å². The first-order chi connectivity index (χ1) is 10.3. The molecule has 0 unspecified atom stereocenters. The van der Waals surface area contributed by atoms with Crippen molar-refractivity contribution in [1.29, 1.82) is 0 Å². The average Bonchev–Trinajstić information content (AvgIpc) is 2.55. The van der Waals surface area contributed by atoms with Gasteiger partial charge in [0.2, 0.25) is 0 Å². The van der Waals surface area contributed by atoms with E-state index in [4.69, 9.17) is 4.74 Å². The van der Waals surface area contributed by atoms with E-state index in [2.05, 4.69) is 19.9 Å². The molecule has 1 aliphatic rings. The molecule has 2 heteroatoms. The molecule has 0 bridgehead atoms. The van der Waals surface area contributed by atoms with E-state index in [1.807, 2.05) is 18.2 Å². The van der Waals surface area contributed by atoms with Crippen LogP contribution in [-0.2, 0) is 4.74 Å². The van der Waals surface area contributed by atoms with Gasteiger partial charge in [-0.3, -0.25) is 0 Å². The number of carbonyl (C=O) groups is 1. The van der Waals surface area contributed by atoms with Crippen molar-refractivity contribution >= 4 is 5.97 Å². The Balaban J connectivity index is 2.04. The highest BCUT2D eigenvalue weighted by atomic mass is 16.5. The monoisotopic (exact) mass is 288 g/mol. The Morgan fingerprint density at radius 3 is 2.52 bits per heavy atom. The quantitative estimate of drug-likeness (QED) is 0.522. The minimum absolute atomic E-state index is 0.142. The molecule has 1 aromatic carbocycles. The van der Waals surface area contributed by atoms with Crippen molar-refractivity contribution < 1.29 is 9.53 Å². The van der Waals surface area contributed by atoms with Crippen LogP contribution in [0.1, 0.15) is 80.6 Å². The van der Waals surface area contributed by atoms with Gasteiger partial charge in [-0.1, -0.05) is 44.9 Å². The lowest BCUT2D eigenvalue weighted by molar-refractivity contribution is 0.0497. The highest BCUT2D eigenvalue weighted by Gasteiger charge is 2.25. The van der Waals surface area contributed by atoms with Gasteiger partial charge >= 0.3 is 5.97 Å². The van der Waals surface area contributed by atoms with Gasteiger partial charge in [-0.15, -0.1) is 0 Å². The molecule has 0 amide bonds. The Labute approximate surface area is 128 Å². The van der Waals surface area contributed by atoms with E-state index >= 15 is 0 Å². The van der Waals surface area contributed by atoms with E-state index in [1.54, 1.807) is 0 Å². The third-order valence-corrected chi connectivity index (χ3v) is 4.78. The van der Waals surface area contributed by atoms with E-state index in [0.29, 0.717) is 12.5 Å². The topological polar surface area (TPSA) is 26.3 Å². The second kappa shape index (κ2) is 8.21. The summed E-state index contributed by atoms with van der Waals surface area (Å²) in [7, 11) is 0. The normalized spacial score (nSPS) is 22.0. The fraction of sp³-hybridized carbons (Fsp3) is 0.632. The molecule has 1 saturated carbocycles. The number of hydrogen-bond donors (Lipinski definition) is 0. The Hall–Kier alpha value is -1.31. The van der Waals surface area contributed by atoms with Crippen LogP contribution in [0.25, 0.3) is 0 Å². The minimum atomic E-state index is -0.142. The van der Waals surface area contributed by atoms with Gasteiger partial charge in [-0.05, 0) is 55.6 Å². The van der Waals surface area contributed by atoms with Crippen molar-refractivity contribution in [3.8, 4) is 0 Å². The van der Waals surface area contributed by atoms with Gasteiger partial charge < -0.3 is 4.74 Å². The molecule has 0 radical (unpaired) electrons. The van der Waals surface area contributed by atoms with Gasteiger partial charge in [0.15, 0.2) is 0 Å². The number of carbonyl (C=O) groups excluding carboxylic acids is 1. The highest BCUT2D eigenvalue weighted by Crippen LogP contribution is 2.38. The Kier molecular flexibility index (Phi) is 6.28. The fourth-order valence-corrected chi connectivity index (χ4v) is 3.31. The zero-order valence-corrected chi connectivity index (χ0v) is 13.4. The molecule has 1 aliphatic carbocycles. The molecule has 116 valence electrons. The summed E-state index contributed by atoms with van der Waals surface area (Å²) >= 11 is 0. The summed E-state index contributed by atoms with van der Waals surface area (Å²) in [6.07, 6.45) is 8.27. The van der Waals surface area contributed by atoms with E-state index in [1.165, 1.54) is 37.7 Å². The number of ether oxygens (including phenoxy) is 1. The smallest absolute Gasteiger partial charge is 0.338 e. The lowest BCUT2D eigenvalue weighted by Gasteiger charge is -2.29. The van der Waals surface area contributed by atoms with Crippen LogP contribution in [0, 0.1) is 5.92 Å². The third-order valence-electron chi connectivity index (χ3n) is 4.78. The van der Waals surface area contributed by atoms with E-state index in [9.17, 15) is 4.79 Å². The zero-order chi connectivity index (χ0) is 15.1. The maximum absolute atomic E-state index is 12.3. The second-order valence-electron chi connectivity index (χ2n) is 6.20. The third kappa shape index (κ3) is 4.33. The molecular weight excluding hydrogens is 260 g/mol. The predicted octanol–water partition coefficient (Wildman–Crippen LogP) is 5.33.